The number of ether oxygens (including phenoxy) is 5. The van der Waals surface area contributed by atoms with E-state index in [-0.39, 0.29) is 26.4 Å². The van der Waals surface area contributed by atoms with Gasteiger partial charge >= 0.3 is 0 Å². The summed E-state index contributed by atoms with van der Waals surface area (Å²) in [6.45, 7) is 1.15. The van der Waals surface area contributed by atoms with Crippen LogP contribution < -0.4 is 0 Å². The van der Waals surface area contributed by atoms with Crippen LogP contribution in [0.2, 0.25) is 0 Å². The third-order valence-electron chi connectivity index (χ3n) is 6.74. The minimum absolute atomic E-state index is 0.0894. The molecule has 0 aromatic heterocycles. The molecule has 0 bridgehead atoms. The summed E-state index contributed by atoms with van der Waals surface area (Å²) in [6, 6.07) is 39.0. The molecule has 1 aliphatic rings. The van der Waals surface area contributed by atoms with Crippen LogP contribution in [-0.4, -0.2) is 42.4 Å². The number of hydrogen-bond donors (Lipinski definition) is 1. The highest BCUT2D eigenvalue weighted by atomic mass is 16.7. The Balaban J connectivity index is 1.39. The molecule has 40 heavy (non-hydrogen) atoms. The monoisotopic (exact) mass is 541 g/mol. The Morgan fingerprint density at radius 3 is 1.35 bits per heavy atom. The minimum atomic E-state index is -2.40. The molecule has 208 valence electrons. The molecule has 5 atom stereocenters. The molecule has 5 rings (SSSR count). The van der Waals surface area contributed by atoms with Crippen molar-refractivity contribution in [3.63, 3.8) is 0 Å². The Kier molecular flexibility index (Phi) is 9.97. The zero-order valence-corrected chi connectivity index (χ0v) is 22.4. The van der Waals surface area contributed by atoms with Crippen molar-refractivity contribution in [2.75, 3.05) is 6.61 Å². The summed E-state index contributed by atoms with van der Waals surface area (Å²) in [6.07, 6.45) is -5.87. The second-order valence-electron chi connectivity index (χ2n) is 9.73. The highest BCUT2D eigenvalue weighted by molar-refractivity contribution is 5.16. The van der Waals surface area contributed by atoms with Gasteiger partial charge in [0.25, 0.3) is 0 Å². The van der Waals surface area contributed by atoms with Crippen molar-refractivity contribution >= 4 is 0 Å². The van der Waals surface area contributed by atoms with Gasteiger partial charge in [-0.15, -0.1) is 0 Å². The lowest BCUT2D eigenvalue weighted by Crippen LogP contribution is -2.61. The summed E-state index contributed by atoms with van der Waals surface area (Å²) in [5.41, 5.74) is 3.84. The fourth-order valence-corrected chi connectivity index (χ4v) is 4.65. The van der Waals surface area contributed by atoms with E-state index in [2.05, 4.69) is 0 Å². The molecule has 0 saturated carbocycles. The van der Waals surface area contributed by atoms with E-state index in [4.69, 9.17) is 25.1 Å². The van der Waals surface area contributed by atoms with E-state index in [1.165, 1.54) is 0 Å². The van der Waals surface area contributed by atoms with Gasteiger partial charge in [-0.05, 0) is 22.3 Å². The lowest BCUT2D eigenvalue weighted by atomic mass is 9.98. The highest BCUT2D eigenvalue weighted by Crippen LogP contribution is 2.30. The molecule has 1 saturated heterocycles. The van der Waals surface area contributed by atoms with Crippen LogP contribution in [0.4, 0.5) is 0 Å². The van der Waals surface area contributed by atoms with Crippen LogP contribution in [-0.2, 0) is 50.1 Å². The van der Waals surface area contributed by atoms with Crippen molar-refractivity contribution in [3.05, 3.63) is 144 Å². The molecule has 1 N–H and O–H groups in total. The van der Waals surface area contributed by atoms with Gasteiger partial charge in [-0.3, -0.25) is 0 Å². The van der Waals surface area contributed by atoms with E-state index in [1.54, 1.807) is 0 Å². The number of benzene rings is 4. The van der Waals surface area contributed by atoms with Gasteiger partial charge in [0, 0.05) is 0 Å². The number of aliphatic hydroxyl groups is 1. The molecule has 1 heterocycles. The summed E-state index contributed by atoms with van der Waals surface area (Å²) in [5.74, 6) is 0. The van der Waals surface area contributed by atoms with Gasteiger partial charge in [0.05, 0.1) is 34.4 Å². The summed E-state index contributed by atoms with van der Waals surface area (Å²) in [5, 5.41) is 11.3. The van der Waals surface area contributed by atoms with Gasteiger partial charge < -0.3 is 28.8 Å². The Morgan fingerprint density at radius 2 is 0.900 bits per heavy atom. The molecule has 4 aromatic rings. The van der Waals surface area contributed by atoms with Crippen LogP contribution >= 0.6 is 0 Å². The number of hydrogen-bond acceptors (Lipinski definition) is 6. The molecule has 0 unspecified atom stereocenters. The molecule has 6 nitrogen and oxygen atoms in total. The molecule has 4 aromatic carbocycles. The molecular formula is C34H36O6. The van der Waals surface area contributed by atoms with Crippen molar-refractivity contribution in [1.29, 1.82) is 0 Å². The first-order valence-corrected chi connectivity index (χ1v) is 13.6. The van der Waals surface area contributed by atoms with Gasteiger partial charge in [0.2, 0.25) is 0 Å². The predicted molar refractivity (Wildman–Crippen MR) is 152 cm³/mol. The number of rotatable bonds is 13. The standard InChI is InChI=1S/C34H36O6/c35-34-33(39-24-29-19-11-4-12-20-29)32(38-23-28-17-9-3-10-18-28)31(37-22-27-15-7-2-8-16-27)30(40-34)25-36-21-26-13-5-1-6-14-26/h1-20,30-35H,21-25H2/t30-,31-,32+,33-,34+/m1/s1/i34D. The van der Waals surface area contributed by atoms with E-state index >= 15 is 0 Å². The van der Waals surface area contributed by atoms with Crippen LogP contribution in [0.15, 0.2) is 121 Å². The first-order valence-electron chi connectivity index (χ1n) is 14.1. The van der Waals surface area contributed by atoms with E-state index in [1.807, 2.05) is 121 Å². The smallest absolute Gasteiger partial charge is 0.184 e. The van der Waals surface area contributed by atoms with Crippen LogP contribution in [0, 0.1) is 0 Å². The fourth-order valence-electron chi connectivity index (χ4n) is 4.65. The van der Waals surface area contributed by atoms with E-state index in [0.717, 1.165) is 22.3 Å². The maximum absolute atomic E-state index is 11.3. The van der Waals surface area contributed by atoms with E-state index < -0.39 is 30.7 Å². The SMILES string of the molecule is [2H][C@]1(O)O[C@H](COCc2ccccc2)[C@@H](OCc2ccccc2)[C@H](OCc2ccccc2)[C@H]1OCc1ccccc1. The van der Waals surface area contributed by atoms with Crippen LogP contribution in [0.25, 0.3) is 0 Å². The molecule has 0 aliphatic carbocycles. The highest BCUT2D eigenvalue weighted by Gasteiger charge is 2.48. The molecule has 1 fully saturated rings. The largest absolute Gasteiger partial charge is 0.374 e. The third kappa shape index (κ3) is 8.08. The van der Waals surface area contributed by atoms with Crippen molar-refractivity contribution in [3.8, 4) is 0 Å². The van der Waals surface area contributed by atoms with Gasteiger partial charge in [-0.2, -0.15) is 0 Å². The summed E-state index contributed by atoms with van der Waals surface area (Å²) in [4.78, 5) is 0. The molecule has 0 amide bonds. The normalized spacial score (nSPS) is 24.9. The molecular weight excluding hydrogens is 504 g/mol. The van der Waals surface area contributed by atoms with Crippen LogP contribution in [0.3, 0.4) is 0 Å². The maximum atomic E-state index is 11.3. The fraction of sp³-hybridized carbons (Fsp3) is 0.294. The van der Waals surface area contributed by atoms with Crippen molar-refractivity contribution in [2.24, 2.45) is 0 Å². The zero-order chi connectivity index (χ0) is 28.3. The molecule has 1 aliphatic heterocycles. The van der Waals surface area contributed by atoms with Crippen molar-refractivity contribution < 1.29 is 30.2 Å². The average molecular weight is 542 g/mol. The first kappa shape index (κ1) is 26.8. The van der Waals surface area contributed by atoms with Gasteiger partial charge in [-0.1, -0.05) is 121 Å². The molecule has 6 heteroatoms. The average Bonchev–Trinajstić information content (AvgIpc) is 3.01. The van der Waals surface area contributed by atoms with Crippen molar-refractivity contribution in [1.82, 2.24) is 0 Å². The molecule has 0 radical (unpaired) electrons. The Labute approximate surface area is 237 Å². The minimum Gasteiger partial charge on any atom is -0.374 e. The van der Waals surface area contributed by atoms with Gasteiger partial charge in [0.1, 0.15) is 24.4 Å². The quantitative estimate of drug-likeness (QED) is 0.235. The Bertz CT molecular complexity index is 1290. The second kappa shape index (κ2) is 14.9. The summed E-state index contributed by atoms with van der Waals surface area (Å²) >= 11 is 0. The summed E-state index contributed by atoms with van der Waals surface area (Å²) < 4.78 is 39.8. The lowest BCUT2D eigenvalue weighted by molar-refractivity contribution is -0.317. The van der Waals surface area contributed by atoms with Gasteiger partial charge in [-0.25, -0.2) is 0 Å². The topological polar surface area (TPSA) is 66.4 Å². The first-order chi connectivity index (χ1) is 20.1. The van der Waals surface area contributed by atoms with Crippen LogP contribution in [0.5, 0.6) is 0 Å². The third-order valence-corrected chi connectivity index (χ3v) is 6.74. The van der Waals surface area contributed by atoms with Crippen molar-refractivity contribution in [2.45, 2.75) is 57.1 Å². The predicted octanol–water partition coefficient (Wildman–Crippen LogP) is 5.68. The lowest BCUT2D eigenvalue weighted by Gasteiger charge is -2.44. The van der Waals surface area contributed by atoms with Crippen LogP contribution in [0.1, 0.15) is 23.6 Å². The maximum Gasteiger partial charge on any atom is 0.184 e. The van der Waals surface area contributed by atoms with E-state index in [0.29, 0.717) is 6.61 Å². The van der Waals surface area contributed by atoms with E-state index in [9.17, 15) is 5.11 Å². The molecule has 0 spiro atoms. The second-order valence-corrected chi connectivity index (χ2v) is 9.73. The Hall–Kier alpha value is -3.36. The Morgan fingerprint density at radius 1 is 0.525 bits per heavy atom. The summed E-state index contributed by atoms with van der Waals surface area (Å²) in [7, 11) is 0. The zero-order valence-electron chi connectivity index (χ0n) is 23.4. The van der Waals surface area contributed by atoms with Gasteiger partial charge in [0.15, 0.2) is 6.27 Å².